The number of anilines is 1. The number of hydrogen-bond donors (Lipinski definition) is 2. The standard InChI is InChI=1S/C14H17N3O/c1-17(8-9-2-3-9)14(18)13-7-10-6-11(15)4-5-12(10)16-13/h4-7,9,16H,2-3,8,15H2,1H3. The van der Waals surface area contributed by atoms with E-state index in [9.17, 15) is 4.79 Å². The summed E-state index contributed by atoms with van der Waals surface area (Å²) in [7, 11) is 1.86. The SMILES string of the molecule is CN(CC1CC1)C(=O)c1cc2cc(N)ccc2[nH]1. The Morgan fingerprint density at radius 3 is 2.94 bits per heavy atom. The summed E-state index contributed by atoms with van der Waals surface area (Å²) < 4.78 is 0. The van der Waals surface area contributed by atoms with E-state index in [0.29, 0.717) is 17.3 Å². The van der Waals surface area contributed by atoms with Crippen LogP contribution in [0.2, 0.25) is 0 Å². The highest BCUT2D eigenvalue weighted by atomic mass is 16.2. The number of carbonyl (C=O) groups excluding carboxylic acids is 1. The van der Waals surface area contributed by atoms with Crippen molar-refractivity contribution >= 4 is 22.5 Å². The molecule has 0 saturated heterocycles. The normalized spacial score (nSPS) is 14.9. The number of rotatable bonds is 3. The highest BCUT2D eigenvalue weighted by Gasteiger charge is 2.25. The van der Waals surface area contributed by atoms with Gasteiger partial charge in [0.25, 0.3) is 5.91 Å². The number of H-pyrrole nitrogens is 1. The van der Waals surface area contributed by atoms with Crippen molar-refractivity contribution < 1.29 is 4.79 Å². The van der Waals surface area contributed by atoms with Gasteiger partial charge in [0.05, 0.1) is 0 Å². The summed E-state index contributed by atoms with van der Waals surface area (Å²) in [6.07, 6.45) is 2.50. The number of nitrogen functional groups attached to an aromatic ring is 1. The van der Waals surface area contributed by atoms with Crippen molar-refractivity contribution in [2.24, 2.45) is 5.92 Å². The van der Waals surface area contributed by atoms with Gasteiger partial charge in [-0.15, -0.1) is 0 Å². The van der Waals surface area contributed by atoms with E-state index in [-0.39, 0.29) is 5.91 Å². The molecular formula is C14H17N3O. The fraction of sp³-hybridized carbons (Fsp3) is 0.357. The minimum Gasteiger partial charge on any atom is -0.399 e. The second-order valence-electron chi connectivity index (χ2n) is 5.16. The van der Waals surface area contributed by atoms with E-state index in [4.69, 9.17) is 5.73 Å². The van der Waals surface area contributed by atoms with Crippen LogP contribution in [-0.4, -0.2) is 29.4 Å². The van der Waals surface area contributed by atoms with Gasteiger partial charge >= 0.3 is 0 Å². The van der Waals surface area contributed by atoms with E-state index in [1.165, 1.54) is 12.8 Å². The van der Waals surface area contributed by atoms with Crippen LogP contribution in [0.4, 0.5) is 5.69 Å². The van der Waals surface area contributed by atoms with Crippen LogP contribution in [0.1, 0.15) is 23.3 Å². The van der Waals surface area contributed by atoms with Gasteiger partial charge in [-0.2, -0.15) is 0 Å². The molecule has 94 valence electrons. The molecule has 4 nitrogen and oxygen atoms in total. The highest BCUT2D eigenvalue weighted by molar-refractivity contribution is 5.98. The van der Waals surface area contributed by atoms with Gasteiger partial charge in [-0.1, -0.05) is 0 Å². The van der Waals surface area contributed by atoms with E-state index >= 15 is 0 Å². The first kappa shape index (κ1) is 11.1. The number of aromatic amines is 1. The van der Waals surface area contributed by atoms with Crippen molar-refractivity contribution in [1.82, 2.24) is 9.88 Å². The van der Waals surface area contributed by atoms with Crippen molar-refractivity contribution in [3.63, 3.8) is 0 Å². The maximum Gasteiger partial charge on any atom is 0.270 e. The molecule has 1 amide bonds. The maximum atomic E-state index is 12.2. The Hall–Kier alpha value is -1.97. The zero-order valence-electron chi connectivity index (χ0n) is 10.4. The lowest BCUT2D eigenvalue weighted by Gasteiger charge is -2.15. The molecule has 1 aliphatic rings. The lowest BCUT2D eigenvalue weighted by molar-refractivity contribution is 0.0784. The summed E-state index contributed by atoms with van der Waals surface area (Å²) in [5, 5.41) is 0.984. The first-order valence-corrected chi connectivity index (χ1v) is 6.27. The number of benzene rings is 1. The number of amides is 1. The second kappa shape index (κ2) is 4.05. The molecule has 0 unspecified atom stereocenters. The maximum absolute atomic E-state index is 12.2. The molecule has 2 aromatic rings. The minimum atomic E-state index is 0.0525. The van der Waals surface area contributed by atoms with Gasteiger partial charge in [0.15, 0.2) is 0 Å². The fourth-order valence-corrected chi connectivity index (χ4v) is 2.24. The Balaban J connectivity index is 1.86. The number of aromatic nitrogens is 1. The molecule has 0 aliphatic heterocycles. The zero-order valence-corrected chi connectivity index (χ0v) is 10.4. The summed E-state index contributed by atoms with van der Waals surface area (Å²) in [5.74, 6) is 0.760. The van der Waals surface area contributed by atoms with Crippen LogP contribution in [0.3, 0.4) is 0 Å². The van der Waals surface area contributed by atoms with Gasteiger partial charge < -0.3 is 15.6 Å². The summed E-state index contributed by atoms with van der Waals surface area (Å²) >= 11 is 0. The fourth-order valence-electron chi connectivity index (χ4n) is 2.24. The molecule has 0 bridgehead atoms. The third kappa shape index (κ3) is 2.06. The van der Waals surface area contributed by atoms with Gasteiger partial charge in [0, 0.05) is 30.2 Å². The van der Waals surface area contributed by atoms with Crippen LogP contribution >= 0.6 is 0 Å². The summed E-state index contributed by atoms with van der Waals surface area (Å²) in [6.45, 7) is 0.857. The van der Waals surface area contributed by atoms with Crippen molar-refractivity contribution in [2.45, 2.75) is 12.8 Å². The molecule has 18 heavy (non-hydrogen) atoms. The molecule has 1 heterocycles. The Labute approximate surface area is 106 Å². The molecule has 0 spiro atoms. The Morgan fingerprint density at radius 2 is 2.22 bits per heavy atom. The molecule has 4 heteroatoms. The van der Waals surface area contributed by atoms with Gasteiger partial charge in [-0.3, -0.25) is 4.79 Å². The number of nitrogens with two attached hydrogens (primary N) is 1. The Kier molecular flexibility index (Phi) is 2.51. The molecule has 1 aromatic carbocycles. The van der Waals surface area contributed by atoms with E-state index < -0.39 is 0 Å². The third-order valence-corrected chi connectivity index (χ3v) is 3.45. The van der Waals surface area contributed by atoms with Crippen LogP contribution in [0, 0.1) is 5.92 Å². The minimum absolute atomic E-state index is 0.0525. The van der Waals surface area contributed by atoms with Crippen LogP contribution in [0.5, 0.6) is 0 Å². The average molecular weight is 243 g/mol. The molecular weight excluding hydrogens is 226 g/mol. The Bertz CT molecular complexity index is 598. The van der Waals surface area contributed by atoms with Crippen LogP contribution in [-0.2, 0) is 0 Å². The zero-order chi connectivity index (χ0) is 12.7. The van der Waals surface area contributed by atoms with Crippen molar-refractivity contribution in [2.75, 3.05) is 19.3 Å². The largest absolute Gasteiger partial charge is 0.399 e. The third-order valence-electron chi connectivity index (χ3n) is 3.45. The van der Waals surface area contributed by atoms with Crippen molar-refractivity contribution in [1.29, 1.82) is 0 Å². The topological polar surface area (TPSA) is 62.1 Å². The lowest BCUT2D eigenvalue weighted by Crippen LogP contribution is -2.28. The van der Waals surface area contributed by atoms with Gasteiger partial charge in [-0.25, -0.2) is 0 Å². The molecule has 3 N–H and O–H groups in total. The summed E-state index contributed by atoms with van der Waals surface area (Å²) in [4.78, 5) is 17.2. The smallest absolute Gasteiger partial charge is 0.270 e. The average Bonchev–Trinajstić information content (AvgIpc) is 3.05. The number of hydrogen-bond acceptors (Lipinski definition) is 2. The second-order valence-corrected chi connectivity index (χ2v) is 5.16. The van der Waals surface area contributed by atoms with E-state index in [0.717, 1.165) is 17.4 Å². The van der Waals surface area contributed by atoms with Crippen LogP contribution in [0.25, 0.3) is 10.9 Å². The van der Waals surface area contributed by atoms with E-state index in [1.807, 2.05) is 31.3 Å². The van der Waals surface area contributed by atoms with Gasteiger partial charge in [0.2, 0.25) is 0 Å². The number of fused-ring (bicyclic) bond motifs is 1. The van der Waals surface area contributed by atoms with Gasteiger partial charge in [-0.05, 0) is 43.0 Å². The quantitative estimate of drug-likeness (QED) is 0.812. The molecule has 0 atom stereocenters. The number of nitrogens with zero attached hydrogens (tertiary/aromatic N) is 1. The number of carbonyl (C=O) groups is 1. The molecule has 3 rings (SSSR count). The molecule has 1 saturated carbocycles. The predicted octanol–water partition coefficient (Wildman–Crippen LogP) is 2.23. The molecule has 1 fully saturated rings. The Morgan fingerprint density at radius 1 is 1.44 bits per heavy atom. The van der Waals surface area contributed by atoms with E-state index in [2.05, 4.69) is 4.98 Å². The van der Waals surface area contributed by atoms with Gasteiger partial charge in [0.1, 0.15) is 5.69 Å². The first-order chi connectivity index (χ1) is 8.63. The molecule has 1 aromatic heterocycles. The molecule has 0 radical (unpaired) electrons. The number of nitrogens with one attached hydrogen (secondary N) is 1. The monoisotopic (exact) mass is 243 g/mol. The van der Waals surface area contributed by atoms with E-state index in [1.54, 1.807) is 4.90 Å². The summed E-state index contributed by atoms with van der Waals surface area (Å²) in [5.41, 5.74) is 8.04. The predicted molar refractivity (Wildman–Crippen MR) is 72.4 cm³/mol. The van der Waals surface area contributed by atoms with Crippen LogP contribution < -0.4 is 5.73 Å². The van der Waals surface area contributed by atoms with Crippen molar-refractivity contribution in [3.8, 4) is 0 Å². The highest BCUT2D eigenvalue weighted by Crippen LogP contribution is 2.29. The van der Waals surface area contributed by atoms with Crippen LogP contribution in [0.15, 0.2) is 24.3 Å². The summed E-state index contributed by atoms with van der Waals surface area (Å²) in [6, 6.07) is 7.49. The van der Waals surface area contributed by atoms with Crippen molar-refractivity contribution in [3.05, 3.63) is 30.0 Å². The first-order valence-electron chi connectivity index (χ1n) is 6.27. The molecule has 1 aliphatic carbocycles. The lowest BCUT2D eigenvalue weighted by atomic mass is 10.2.